The van der Waals surface area contributed by atoms with Crippen molar-refractivity contribution in [2.24, 2.45) is 0 Å². The Hall–Kier alpha value is -5.55. The smallest absolute Gasteiger partial charge is 0.416 e. The number of imide groups is 1. The largest absolute Gasteiger partial charge is 0.490 e. The Morgan fingerprint density at radius 2 is 1.73 bits per heavy atom. The van der Waals surface area contributed by atoms with Crippen LogP contribution in [0.5, 0.6) is 11.5 Å². The molecule has 8 rings (SSSR count). The number of nitrogen functional groups attached to an aromatic ring is 1. The molecule has 1 aromatic heterocycles. The van der Waals surface area contributed by atoms with Crippen molar-refractivity contribution in [2.45, 2.75) is 115 Å². The molecule has 4 N–H and O–H groups in total. The van der Waals surface area contributed by atoms with Crippen molar-refractivity contribution in [3.05, 3.63) is 81.9 Å². The van der Waals surface area contributed by atoms with Gasteiger partial charge < -0.3 is 35.1 Å². The minimum Gasteiger partial charge on any atom is -0.490 e. The van der Waals surface area contributed by atoms with Crippen molar-refractivity contribution in [3.63, 3.8) is 0 Å². The molecule has 2 unspecified atom stereocenters. The highest BCUT2D eigenvalue weighted by Crippen LogP contribution is 2.40. The van der Waals surface area contributed by atoms with Crippen LogP contribution >= 0.6 is 0 Å². The summed E-state index contributed by atoms with van der Waals surface area (Å²) in [4.78, 5) is 50.8. The minimum atomic E-state index is -4.54. The predicted octanol–water partition coefficient (Wildman–Crippen LogP) is 7.99. The monoisotopic (exact) mass is 889 g/mol. The molecule has 4 aliphatic rings. The molecule has 3 fully saturated rings. The number of halogens is 4. The van der Waals surface area contributed by atoms with Crippen LogP contribution in [0.4, 0.5) is 29.1 Å². The maximum atomic E-state index is 14.9. The Morgan fingerprint density at radius 3 is 2.48 bits per heavy atom. The van der Waals surface area contributed by atoms with Crippen LogP contribution in [0, 0.1) is 12.7 Å². The number of unbranched alkanes of at least 4 members (excludes halogenated alkanes) is 4. The van der Waals surface area contributed by atoms with E-state index in [1.165, 1.54) is 17.0 Å². The molecule has 4 aliphatic heterocycles. The first-order valence-electron chi connectivity index (χ1n) is 22.3. The molecular formula is C47H55F4N7O6. The zero-order chi connectivity index (χ0) is 45.1. The van der Waals surface area contributed by atoms with Crippen molar-refractivity contribution >= 4 is 40.1 Å². The number of nitrogens with one attached hydrogen (secondary N) is 2. The first-order chi connectivity index (χ1) is 30.7. The summed E-state index contributed by atoms with van der Waals surface area (Å²) in [5.41, 5.74) is 8.01. The van der Waals surface area contributed by atoms with E-state index in [4.69, 9.17) is 19.9 Å². The number of nitrogens with zero attached hydrogens (tertiary/aromatic N) is 4. The van der Waals surface area contributed by atoms with E-state index in [2.05, 4.69) is 25.5 Å². The SMILES string of the molecule is Cc1nc(N[C@H](C)c2cc(N)cc(C(F)(F)F)c2)c2cc(OC3CCOC3)c(OCCCCCCCN3CCC(c4cc(F)cc5c4CN(C4CCC(=O)NC4=O)C5=O)CC3)cc2n1. The minimum absolute atomic E-state index is 0.0175. The molecule has 0 spiro atoms. The van der Waals surface area contributed by atoms with Crippen molar-refractivity contribution in [1.82, 2.24) is 25.1 Å². The van der Waals surface area contributed by atoms with Gasteiger partial charge in [-0.25, -0.2) is 14.4 Å². The summed E-state index contributed by atoms with van der Waals surface area (Å²) < 4.78 is 73.9. The summed E-state index contributed by atoms with van der Waals surface area (Å²) in [5.74, 6) is 0.482. The fourth-order valence-corrected chi connectivity index (χ4v) is 9.37. The molecule has 0 aliphatic carbocycles. The van der Waals surface area contributed by atoms with Crippen LogP contribution in [-0.2, 0) is 27.0 Å². The van der Waals surface area contributed by atoms with Crippen LogP contribution < -0.4 is 25.8 Å². The van der Waals surface area contributed by atoms with Gasteiger partial charge in [-0.05, 0) is 125 Å². The average Bonchev–Trinajstić information content (AvgIpc) is 3.88. The number of alkyl halides is 3. The number of rotatable bonds is 16. The average molecular weight is 890 g/mol. The number of carbonyl (C=O) groups is 3. The van der Waals surface area contributed by atoms with Crippen molar-refractivity contribution in [1.29, 1.82) is 0 Å². The highest BCUT2D eigenvalue weighted by Gasteiger charge is 2.41. The zero-order valence-electron chi connectivity index (χ0n) is 36.2. The first kappa shape index (κ1) is 45.0. The molecule has 3 aromatic carbocycles. The summed E-state index contributed by atoms with van der Waals surface area (Å²) in [7, 11) is 0. The number of piperidine rings is 2. The molecule has 342 valence electrons. The van der Waals surface area contributed by atoms with Crippen LogP contribution in [0.15, 0.2) is 42.5 Å². The third-order valence-corrected chi connectivity index (χ3v) is 12.8. The molecule has 0 bridgehead atoms. The van der Waals surface area contributed by atoms with Gasteiger partial charge in [0.15, 0.2) is 11.5 Å². The Bertz CT molecular complexity index is 2380. The number of carbonyl (C=O) groups excluding carboxylic acids is 3. The number of hydrogen-bond acceptors (Lipinski definition) is 11. The normalized spacial score (nSPS) is 20.2. The Morgan fingerprint density at radius 1 is 0.953 bits per heavy atom. The summed E-state index contributed by atoms with van der Waals surface area (Å²) in [6.07, 6.45) is 3.15. The Kier molecular flexibility index (Phi) is 13.6. The number of aromatic nitrogens is 2. The first-order valence-corrected chi connectivity index (χ1v) is 22.3. The van der Waals surface area contributed by atoms with Gasteiger partial charge in [-0.15, -0.1) is 0 Å². The molecule has 3 amide bonds. The second-order valence-electron chi connectivity index (χ2n) is 17.4. The Balaban J connectivity index is 0.815. The van der Waals surface area contributed by atoms with Gasteiger partial charge in [-0.1, -0.05) is 19.3 Å². The van der Waals surface area contributed by atoms with Crippen molar-refractivity contribution in [3.8, 4) is 11.5 Å². The van der Waals surface area contributed by atoms with Gasteiger partial charge in [0, 0.05) is 42.1 Å². The number of amides is 3. The van der Waals surface area contributed by atoms with Gasteiger partial charge in [0.25, 0.3) is 5.91 Å². The summed E-state index contributed by atoms with van der Waals surface area (Å²) in [6.45, 7) is 7.99. The third kappa shape index (κ3) is 10.4. The summed E-state index contributed by atoms with van der Waals surface area (Å²) in [5, 5.41) is 6.24. The van der Waals surface area contributed by atoms with E-state index in [1.807, 2.05) is 12.1 Å². The lowest BCUT2D eigenvalue weighted by molar-refractivity contribution is -0.138. The van der Waals surface area contributed by atoms with Crippen LogP contribution in [-0.4, -0.2) is 89.1 Å². The quantitative estimate of drug-likeness (QED) is 0.0433. The number of anilines is 2. The molecule has 3 saturated heterocycles. The molecule has 13 nitrogen and oxygen atoms in total. The zero-order valence-corrected chi connectivity index (χ0v) is 36.2. The number of aryl methyl sites for hydroxylation is 1. The molecule has 0 radical (unpaired) electrons. The maximum Gasteiger partial charge on any atom is 0.416 e. The third-order valence-electron chi connectivity index (χ3n) is 12.8. The molecule has 3 atom stereocenters. The van der Waals surface area contributed by atoms with Gasteiger partial charge in [0.05, 0.1) is 36.9 Å². The van der Waals surface area contributed by atoms with Gasteiger partial charge in [-0.2, -0.15) is 13.2 Å². The van der Waals surface area contributed by atoms with Crippen LogP contribution in [0.1, 0.15) is 122 Å². The lowest BCUT2D eigenvalue weighted by Crippen LogP contribution is -2.52. The maximum absolute atomic E-state index is 14.9. The second-order valence-corrected chi connectivity index (χ2v) is 17.4. The number of benzene rings is 3. The lowest BCUT2D eigenvalue weighted by Gasteiger charge is -2.33. The van der Waals surface area contributed by atoms with E-state index in [9.17, 15) is 31.9 Å². The number of likely N-dealkylation sites (tertiary alicyclic amines) is 1. The lowest BCUT2D eigenvalue weighted by atomic mass is 9.85. The highest BCUT2D eigenvalue weighted by atomic mass is 19.4. The van der Waals surface area contributed by atoms with Crippen LogP contribution in [0.2, 0.25) is 0 Å². The fourth-order valence-electron chi connectivity index (χ4n) is 9.37. The van der Waals surface area contributed by atoms with E-state index in [1.54, 1.807) is 19.9 Å². The topological polar surface area (TPSA) is 161 Å². The molecule has 4 aromatic rings. The van der Waals surface area contributed by atoms with Crippen molar-refractivity contribution < 1.29 is 46.2 Å². The van der Waals surface area contributed by atoms with Gasteiger partial charge >= 0.3 is 6.18 Å². The van der Waals surface area contributed by atoms with Crippen LogP contribution in [0.25, 0.3) is 10.9 Å². The standard InChI is InChI=1S/C47H55F4N7O6/c1-27(30-18-31(47(49,50)51)20-33(52)19-30)53-44-37-23-42(64-34-12-17-62-26-34)41(24-39(37)54-28(2)55-44)63-16-7-5-3-4-6-13-57-14-10-29(11-15-57)35-21-32(48)22-36-38(35)25-58(46(36)61)40-8-9-43(59)56-45(40)60/h18-24,27,29,34,40H,3-17,25-26,52H2,1-2H3,(H,53,54,55)(H,56,59,60)/t27-,34?,40?/m1/s1. The number of fused-ring (bicyclic) bond motifs is 2. The van der Waals surface area contributed by atoms with Gasteiger partial charge in [0.2, 0.25) is 11.8 Å². The second kappa shape index (κ2) is 19.3. The molecular weight excluding hydrogens is 835 g/mol. The van der Waals surface area contributed by atoms with E-state index in [-0.39, 0.29) is 48.9 Å². The van der Waals surface area contributed by atoms with Crippen molar-refractivity contribution in [2.75, 3.05) is 50.5 Å². The molecule has 0 saturated carbocycles. The molecule has 5 heterocycles. The van der Waals surface area contributed by atoms with E-state index < -0.39 is 35.5 Å². The number of nitrogens with two attached hydrogens (primary N) is 1. The van der Waals surface area contributed by atoms with Crippen LogP contribution in [0.3, 0.4) is 0 Å². The fraction of sp³-hybridized carbons (Fsp3) is 0.511. The molecule has 64 heavy (non-hydrogen) atoms. The van der Waals surface area contributed by atoms with E-state index in [0.29, 0.717) is 65.0 Å². The number of hydrogen-bond donors (Lipinski definition) is 3. The molecule has 17 heteroatoms. The summed E-state index contributed by atoms with van der Waals surface area (Å²) in [6, 6.07) is 8.71. The highest BCUT2D eigenvalue weighted by molar-refractivity contribution is 6.05. The number of ether oxygens (including phenoxy) is 3. The van der Waals surface area contributed by atoms with Gasteiger partial charge in [0.1, 0.15) is 29.6 Å². The Labute approximate surface area is 369 Å². The predicted molar refractivity (Wildman–Crippen MR) is 231 cm³/mol. The summed E-state index contributed by atoms with van der Waals surface area (Å²) >= 11 is 0. The van der Waals surface area contributed by atoms with Gasteiger partial charge in [-0.3, -0.25) is 19.7 Å². The van der Waals surface area contributed by atoms with E-state index >= 15 is 0 Å². The van der Waals surface area contributed by atoms with E-state index in [0.717, 1.165) is 94.3 Å².